The first-order valence-electron chi connectivity index (χ1n) is 10.4. The third kappa shape index (κ3) is 6.65. The zero-order valence-corrected chi connectivity index (χ0v) is 18.8. The van der Waals surface area contributed by atoms with Crippen molar-refractivity contribution in [2.24, 2.45) is 0 Å². The van der Waals surface area contributed by atoms with E-state index in [2.05, 4.69) is 14.7 Å². The average molecular weight is 460 g/mol. The van der Waals surface area contributed by atoms with Crippen molar-refractivity contribution in [3.8, 4) is 11.1 Å². The van der Waals surface area contributed by atoms with E-state index in [1.807, 2.05) is 72.8 Å². The van der Waals surface area contributed by atoms with Crippen molar-refractivity contribution < 1.29 is 14.5 Å². The number of hydrogen-bond acceptors (Lipinski definition) is 4. The molecule has 4 aromatic rings. The van der Waals surface area contributed by atoms with E-state index in [9.17, 15) is 9.00 Å². The smallest absolute Gasteiger partial charge is 0.152 e. The van der Waals surface area contributed by atoms with Crippen molar-refractivity contribution in [1.82, 2.24) is 9.97 Å². The van der Waals surface area contributed by atoms with Crippen LogP contribution >= 0.6 is 0 Å². The molecule has 1 atom stereocenters. The number of pyridine rings is 2. The van der Waals surface area contributed by atoms with Crippen LogP contribution in [0.1, 0.15) is 17.5 Å². The van der Waals surface area contributed by atoms with Crippen LogP contribution in [0.2, 0.25) is 0 Å². The van der Waals surface area contributed by atoms with Crippen LogP contribution in [0.4, 0.5) is 5.82 Å². The molecule has 6 nitrogen and oxygen atoms in total. The Bertz CT molecular complexity index is 1200. The van der Waals surface area contributed by atoms with Crippen LogP contribution in [-0.2, 0) is 28.6 Å². The Morgan fingerprint density at radius 3 is 2.36 bits per heavy atom. The Labute approximate surface area is 195 Å². The summed E-state index contributed by atoms with van der Waals surface area (Å²) in [6, 6.07) is 24.9. The minimum Gasteiger partial charge on any atom is -0.412 e. The van der Waals surface area contributed by atoms with Crippen LogP contribution < -0.4 is 4.72 Å². The lowest BCUT2D eigenvalue weighted by molar-refractivity contribution is -0.118. The van der Waals surface area contributed by atoms with Crippen LogP contribution in [0.5, 0.6) is 0 Å². The first kappa shape index (κ1) is 24.0. The highest BCUT2D eigenvalue weighted by molar-refractivity contribution is 7.86. The second-order valence-electron chi connectivity index (χ2n) is 7.36. The maximum absolute atomic E-state index is 13.0. The molecule has 2 aromatic heterocycles. The summed E-state index contributed by atoms with van der Waals surface area (Å²) in [5.41, 5.74) is 3.81. The van der Waals surface area contributed by atoms with Gasteiger partial charge in [-0.25, -0.2) is 9.19 Å². The van der Waals surface area contributed by atoms with Crippen molar-refractivity contribution in [2.75, 3.05) is 4.72 Å². The Morgan fingerprint density at radius 2 is 1.64 bits per heavy atom. The van der Waals surface area contributed by atoms with Gasteiger partial charge in [-0.2, -0.15) is 0 Å². The van der Waals surface area contributed by atoms with E-state index in [1.165, 1.54) is 0 Å². The van der Waals surface area contributed by atoms with Gasteiger partial charge in [-0.05, 0) is 46.9 Å². The minimum absolute atomic E-state index is 0. The fourth-order valence-corrected chi connectivity index (χ4v) is 4.38. The molecule has 0 aliphatic carbocycles. The normalized spacial score (nSPS) is 11.3. The number of nitrogens with one attached hydrogen (secondary N) is 1. The standard InChI is InChI=1S/C26H23N3O2S.H2O/c30-23(14-12-20-7-6-16-27-18-20)17-21-13-15-26(28-19-21)29-32(31)25-11-5-4-10-24(25)22-8-2-1-3-9-22;/h1-11,13,15-16,18-19H,12,14,17H2,(H,28,29);1H2. The van der Waals surface area contributed by atoms with Crippen molar-refractivity contribution in [3.05, 3.63) is 109 Å². The lowest BCUT2D eigenvalue weighted by Crippen LogP contribution is -2.08. The largest absolute Gasteiger partial charge is 0.412 e. The number of Topliss-reactive ketones (excluding diaryl/α,β-unsaturated/α-hetero) is 1. The summed E-state index contributed by atoms with van der Waals surface area (Å²) in [5.74, 6) is 0.648. The van der Waals surface area contributed by atoms with Gasteiger partial charge in [0.1, 0.15) is 11.6 Å². The third-order valence-electron chi connectivity index (χ3n) is 5.01. The Balaban J connectivity index is 0.00000306. The van der Waals surface area contributed by atoms with E-state index in [0.717, 1.165) is 22.3 Å². The highest BCUT2D eigenvalue weighted by Gasteiger charge is 2.12. The van der Waals surface area contributed by atoms with Crippen LogP contribution in [0.3, 0.4) is 0 Å². The van der Waals surface area contributed by atoms with Crippen molar-refractivity contribution in [1.29, 1.82) is 0 Å². The zero-order chi connectivity index (χ0) is 22.2. The molecule has 168 valence electrons. The van der Waals surface area contributed by atoms with Gasteiger partial charge in [0.2, 0.25) is 0 Å². The Hall–Kier alpha value is -3.68. The van der Waals surface area contributed by atoms with Crippen molar-refractivity contribution in [3.63, 3.8) is 0 Å². The van der Waals surface area contributed by atoms with Gasteiger partial charge in [0.05, 0.1) is 4.90 Å². The highest BCUT2D eigenvalue weighted by Crippen LogP contribution is 2.26. The number of rotatable bonds is 9. The number of aromatic nitrogens is 2. The topological polar surface area (TPSA) is 103 Å². The number of carbonyl (C=O) groups is 1. The molecule has 0 aliphatic heterocycles. The first-order chi connectivity index (χ1) is 15.7. The number of nitrogens with zero attached hydrogens (tertiary/aromatic N) is 2. The Kier molecular flexibility index (Phi) is 8.57. The zero-order valence-electron chi connectivity index (χ0n) is 18.0. The number of anilines is 1. The molecular formula is C26H25N3O3S. The molecule has 0 aliphatic rings. The molecule has 2 heterocycles. The predicted octanol–water partition coefficient (Wildman–Crippen LogP) is 4.20. The molecular weight excluding hydrogens is 434 g/mol. The van der Waals surface area contributed by atoms with E-state index in [1.54, 1.807) is 24.7 Å². The maximum atomic E-state index is 13.0. The quantitative estimate of drug-likeness (QED) is 0.405. The van der Waals surface area contributed by atoms with Gasteiger partial charge in [0, 0.05) is 31.4 Å². The van der Waals surface area contributed by atoms with Crippen LogP contribution in [-0.4, -0.2) is 25.4 Å². The highest BCUT2D eigenvalue weighted by atomic mass is 32.2. The molecule has 0 radical (unpaired) electrons. The van der Waals surface area contributed by atoms with Crippen molar-refractivity contribution >= 4 is 22.6 Å². The summed E-state index contributed by atoms with van der Waals surface area (Å²) < 4.78 is 16.0. The fourth-order valence-electron chi connectivity index (χ4n) is 3.37. The SMILES string of the molecule is O.O=C(CCc1cccnc1)Cc1ccc(NS(=O)c2ccccc2-c2ccccc2)nc1. The van der Waals surface area contributed by atoms with Gasteiger partial charge in [0.25, 0.3) is 0 Å². The molecule has 0 saturated carbocycles. The van der Waals surface area contributed by atoms with Crippen LogP contribution in [0, 0.1) is 0 Å². The predicted molar refractivity (Wildman–Crippen MR) is 131 cm³/mol. The molecule has 4 rings (SSSR count). The molecule has 0 saturated heterocycles. The molecule has 0 amide bonds. The lowest BCUT2D eigenvalue weighted by Gasteiger charge is -2.11. The molecule has 33 heavy (non-hydrogen) atoms. The summed E-state index contributed by atoms with van der Waals surface area (Å²) in [6.45, 7) is 0. The summed E-state index contributed by atoms with van der Waals surface area (Å²) in [7, 11) is -1.47. The molecule has 0 fully saturated rings. The molecule has 0 bridgehead atoms. The van der Waals surface area contributed by atoms with Crippen LogP contribution in [0.15, 0.2) is 102 Å². The minimum atomic E-state index is -1.47. The first-order valence-corrected chi connectivity index (χ1v) is 11.5. The molecule has 1 unspecified atom stereocenters. The molecule has 2 aromatic carbocycles. The summed E-state index contributed by atoms with van der Waals surface area (Å²) >= 11 is 0. The average Bonchev–Trinajstić information content (AvgIpc) is 2.85. The van der Waals surface area contributed by atoms with Gasteiger partial charge in [-0.15, -0.1) is 0 Å². The van der Waals surface area contributed by atoms with Gasteiger partial charge in [-0.3, -0.25) is 14.5 Å². The second-order valence-corrected chi connectivity index (χ2v) is 8.54. The van der Waals surface area contributed by atoms with Gasteiger partial charge in [0.15, 0.2) is 11.0 Å². The lowest BCUT2D eigenvalue weighted by atomic mass is 10.0. The summed E-state index contributed by atoms with van der Waals surface area (Å²) in [6.07, 6.45) is 6.63. The monoisotopic (exact) mass is 459 g/mol. The molecule has 3 N–H and O–H groups in total. The van der Waals surface area contributed by atoms with Gasteiger partial charge in [-0.1, -0.05) is 60.7 Å². The van der Waals surface area contributed by atoms with E-state index in [4.69, 9.17) is 0 Å². The van der Waals surface area contributed by atoms with Gasteiger partial charge < -0.3 is 5.48 Å². The van der Waals surface area contributed by atoms with Crippen molar-refractivity contribution in [2.45, 2.75) is 24.2 Å². The van der Waals surface area contributed by atoms with E-state index < -0.39 is 11.0 Å². The Morgan fingerprint density at radius 1 is 0.848 bits per heavy atom. The maximum Gasteiger partial charge on any atom is 0.152 e. The number of ketones is 1. The summed E-state index contributed by atoms with van der Waals surface area (Å²) in [4.78, 5) is 21.4. The molecule has 0 spiro atoms. The summed E-state index contributed by atoms with van der Waals surface area (Å²) in [5, 5.41) is 0. The number of aryl methyl sites for hydroxylation is 1. The second kappa shape index (κ2) is 11.8. The number of hydrogen-bond donors (Lipinski definition) is 1. The number of carbonyl (C=O) groups excluding carboxylic acids is 1. The van der Waals surface area contributed by atoms with E-state index in [-0.39, 0.29) is 11.3 Å². The fraction of sp³-hybridized carbons (Fsp3) is 0.115. The van der Waals surface area contributed by atoms with E-state index >= 15 is 0 Å². The third-order valence-corrected chi connectivity index (χ3v) is 6.16. The molecule has 7 heteroatoms. The number of benzene rings is 2. The van der Waals surface area contributed by atoms with E-state index in [0.29, 0.717) is 30.0 Å². The van der Waals surface area contributed by atoms with Gasteiger partial charge >= 0.3 is 0 Å². The van der Waals surface area contributed by atoms with Crippen LogP contribution in [0.25, 0.3) is 11.1 Å².